The van der Waals surface area contributed by atoms with Crippen molar-refractivity contribution < 1.29 is 14.7 Å². The van der Waals surface area contributed by atoms with Crippen LogP contribution in [-0.2, 0) is 4.79 Å². The SMILES string of the molecule is O=C1S/C(=C/c2cc(Br)c(O)c(I)c2)C(=O)N1c1ccc(Cl)cc1. The Morgan fingerprint density at radius 1 is 1.21 bits per heavy atom. The number of hydrogen-bond acceptors (Lipinski definition) is 4. The molecule has 0 bridgehead atoms. The summed E-state index contributed by atoms with van der Waals surface area (Å²) >= 11 is 12.0. The molecule has 1 saturated heterocycles. The molecule has 0 aromatic heterocycles. The van der Waals surface area contributed by atoms with E-state index in [9.17, 15) is 14.7 Å². The van der Waals surface area contributed by atoms with Crippen LogP contribution in [0.3, 0.4) is 0 Å². The zero-order valence-corrected chi connectivity index (χ0v) is 17.1. The minimum Gasteiger partial charge on any atom is -0.506 e. The molecule has 0 radical (unpaired) electrons. The lowest BCUT2D eigenvalue weighted by molar-refractivity contribution is -0.113. The van der Waals surface area contributed by atoms with Gasteiger partial charge in [0.1, 0.15) is 5.75 Å². The molecule has 0 saturated carbocycles. The molecule has 8 heteroatoms. The fourth-order valence-electron chi connectivity index (χ4n) is 2.10. The van der Waals surface area contributed by atoms with Crippen molar-refractivity contribution in [1.29, 1.82) is 0 Å². The molecule has 2 aromatic carbocycles. The molecule has 1 fully saturated rings. The lowest BCUT2D eigenvalue weighted by Gasteiger charge is -2.12. The zero-order chi connectivity index (χ0) is 17.4. The van der Waals surface area contributed by atoms with Gasteiger partial charge in [-0.2, -0.15) is 0 Å². The standard InChI is InChI=1S/C16H8BrClINO3S/c17-11-5-8(6-12(19)14(11)21)7-13-15(22)20(16(23)24-13)10-3-1-9(18)2-4-10/h1-7,21H/b13-7+. The Bertz CT molecular complexity index is 862. The number of thioether (sulfide) groups is 1. The quantitative estimate of drug-likeness (QED) is 0.398. The lowest BCUT2D eigenvalue weighted by atomic mass is 10.2. The van der Waals surface area contributed by atoms with E-state index in [-0.39, 0.29) is 16.9 Å². The number of halogens is 3. The molecule has 1 N–H and O–H groups in total. The Kier molecular flexibility index (Phi) is 5.24. The normalized spacial score (nSPS) is 16.3. The highest BCUT2D eigenvalue weighted by Crippen LogP contribution is 2.37. The monoisotopic (exact) mass is 535 g/mol. The van der Waals surface area contributed by atoms with Gasteiger partial charge in [-0.25, -0.2) is 4.90 Å². The Morgan fingerprint density at radius 3 is 2.50 bits per heavy atom. The maximum atomic E-state index is 12.6. The van der Waals surface area contributed by atoms with Crippen LogP contribution in [0.4, 0.5) is 10.5 Å². The summed E-state index contributed by atoms with van der Waals surface area (Å²) in [7, 11) is 0. The minimum atomic E-state index is -0.383. The Balaban J connectivity index is 1.95. The number of nitrogens with zero attached hydrogens (tertiary/aromatic N) is 1. The summed E-state index contributed by atoms with van der Waals surface area (Å²) in [6.07, 6.45) is 1.63. The van der Waals surface area contributed by atoms with Gasteiger partial charge in [-0.05, 0) is 98.3 Å². The molecule has 122 valence electrons. The highest BCUT2D eigenvalue weighted by molar-refractivity contribution is 14.1. The first kappa shape index (κ1) is 17.8. The summed E-state index contributed by atoms with van der Waals surface area (Å²) in [4.78, 5) is 26.2. The molecule has 2 amide bonds. The summed E-state index contributed by atoms with van der Waals surface area (Å²) in [6.45, 7) is 0. The van der Waals surface area contributed by atoms with Gasteiger partial charge in [0.2, 0.25) is 0 Å². The van der Waals surface area contributed by atoms with Gasteiger partial charge < -0.3 is 5.11 Å². The number of rotatable bonds is 2. The van der Waals surface area contributed by atoms with E-state index >= 15 is 0 Å². The van der Waals surface area contributed by atoms with Crippen molar-refractivity contribution in [3.8, 4) is 5.75 Å². The van der Waals surface area contributed by atoms with Gasteiger partial charge in [-0.15, -0.1) is 0 Å². The Morgan fingerprint density at radius 2 is 1.88 bits per heavy atom. The second-order valence-electron chi connectivity index (χ2n) is 4.83. The van der Waals surface area contributed by atoms with Crippen LogP contribution < -0.4 is 4.90 Å². The number of carbonyl (C=O) groups is 2. The third kappa shape index (κ3) is 3.49. The van der Waals surface area contributed by atoms with E-state index in [0.29, 0.717) is 29.2 Å². The van der Waals surface area contributed by atoms with Gasteiger partial charge in [0.25, 0.3) is 11.1 Å². The maximum absolute atomic E-state index is 12.6. The Hall–Kier alpha value is -1.03. The lowest BCUT2D eigenvalue weighted by Crippen LogP contribution is -2.27. The number of anilines is 1. The number of amides is 2. The second kappa shape index (κ2) is 7.07. The largest absolute Gasteiger partial charge is 0.506 e. The number of hydrogen-bond donors (Lipinski definition) is 1. The van der Waals surface area contributed by atoms with E-state index < -0.39 is 0 Å². The molecule has 24 heavy (non-hydrogen) atoms. The van der Waals surface area contributed by atoms with Gasteiger partial charge in [-0.1, -0.05) is 11.6 Å². The van der Waals surface area contributed by atoms with Crippen molar-refractivity contribution in [2.75, 3.05) is 4.90 Å². The number of phenolic OH excluding ortho intramolecular Hbond substituents is 1. The molecule has 3 rings (SSSR count). The topological polar surface area (TPSA) is 57.6 Å². The van der Waals surface area contributed by atoms with Crippen molar-refractivity contribution in [1.82, 2.24) is 0 Å². The van der Waals surface area contributed by atoms with Gasteiger partial charge >= 0.3 is 0 Å². The first-order valence-corrected chi connectivity index (χ1v) is 9.65. The van der Waals surface area contributed by atoms with E-state index in [1.165, 1.54) is 0 Å². The van der Waals surface area contributed by atoms with E-state index in [4.69, 9.17) is 11.6 Å². The molecule has 1 heterocycles. The van der Waals surface area contributed by atoms with Gasteiger partial charge in [-0.3, -0.25) is 9.59 Å². The fraction of sp³-hybridized carbons (Fsp3) is 0. The van der Waals surface area contributed by atoms with Crippen molar-refractivity contribution in [3.05, 3.63) is 59.9 Å². The number of aromatic hydroxyl groups is 1. The smallest absolute Gasteiger partial charge is 0.298 e. The van der Waals surface area contributed by atoms with Crippen LogP contribution in [0.2, 0.25) is 5.02 Å². The van der Waals surface area contributed by atoms with Crippen molar-refractivity contribution in [2.45, 2.75) is 0 Å². The molecule has 0 unspecified atom stereocenters. The van der Waals surface area contributed by atoms with Crippen molar-refractivity contribution >= 4 is 84.8 Å². The summed E-state index contributed by atoms with van der Waals surface area (Å²) in [5.74, 6) is -0.242. The van der Waals surface area contributed by atoms with E-state index in [1.54, 1.807) is 42.5 Å². The number of carbonyl (C=O) groups excluding carboxylic acids is 2. The third-order valence-corrected chi connectivity index (χ3v) is 5.76. The summed E-state index contributed by atoms with van der Waals surface area (Å²) < 4.78 is 1.17. The van der Waals surface area contributed by atoms with E-state index in [2.05, 4.69) is 15.9 Å². The molecule has 1 aliphatic rings. The second-order valence-corrected chi connectivity index (χ2v) is 8.27. The van der Waals surface area contributed by atoms with Crippen LogP contribution in [0.25, 0.3) is 6.08 Å². The van der Waals surface area contributed by atoms with E-state index in [1.807, 2.05) is 22.6 Å². The average molecular weight is 537 g/mol. The van der Waals surface area contributed by atoms with Gasteiger partial charge in [0.05, 0.1) is 18.6 Å². The highest BCUT2D eigenvalue weighted by atomic mass is 127. The molecular formula is C16H8BrClINO3S. The van der Waals surface area contributed by atoms with Crippen LogP contribution in [0.1, 0.15) is 5.56 Å². The average Bonchev–Trinajstić information content (AvgIpc) is 2.80. The Labute approximate surface area is 169 Å². The molecule has 4 nitrogen and oxygen atoms in total. The first-order valence-electron chi connectivity index (χ1n) is 6.58. The number of benzene rings is 2. The molecule has 1 aliphatic heterocycles. The fourth-order valence-corrected chi connectivity index (χ4v) is 4.57. The van der Waals surface area contributed by atoms with Gasteiger partial charge in [0.15, 0.2) is 0 Å². The number of phenols is 1. The maximum Gasteiger partial charge on any atom is 0.298 e. The van der Waals surface area contributed by atoms with E-state index in [0.717, 1.165) is 16.7 Å². The summed E-state index contributed by atoms with van der Waals surface area (Å²) in [6, 6.07) is 9.93. The highest BCUT2D eigenvalue weighted by Gasteiger charge is 2.36. The molecule has 2 aromatic rings. The van der Waals surface area contributed by atoms with Crippen LogP contribution in [0, 0.1) is 3.57 Å². The summed E-state index contributed by atoms with van der Waals surface area (Å²) in [5.41, 5.74) is 1.19. The van der Waals surface area contributed by atoms with Crippen LogP contribution in [0.5, 0.6) is 5.75 Å². The molecule has 0 aliphatic carbocycles. The summed E-state index contributed by atoms with van der Waals surface area (Å²) in [5, 5.41) is 9.95. The minimum absolute atomic E-state index is 0.141. The van der Waals surface area contributed by atoms with Crippen LogP contribution in [0.15, 0.2) is 45.8 Å². The first-order chi connectivity index (χ1) is 11.4. The molecule has 0 spiro atoms. The zero-order valence-electron chi connectivity index (χ0n) is 11.8. The predicted molar refractivity (Wildman–Crippen MR) is 108 cm³/mol. The number of imide groups is 1. The third-order valence-electron chi connectivity index (χ3n) is 3.22. The van der Waals surface area contributed by atoms with Crippen LogP contribution >= 0.6 is 61.9 Å². The van der Waals surface area contributed by atoms with Crippen molar-refractivity contribution in [2.24, 2.45) is 0 Å². The van der Waals surface area contributed by atoms with Gasteiger partial charge in [0, 0.05) is 5.02 Å². The molecular weight excluding hydrogens is 529 g/mol. The van der Waals surface area contributed by atoms with Crippen molar-refractivity contribution in [3.63, 3.8) is 0 Å². The van der Waals surface area contributed by atoms with Crippen LogP contribution in [-0.4, -0.2) is 16.3 Å². The molecule has 0 atom stereocenters. The predicted octanol–water partition coefficient (Wildman–Crippen LogP) is 5.65.